The molecule has 1 aromatic carbocycles. The SMILES string of the molecule is O=C([C@@H]1CCCOC1)N1CCN[C@H](c2cccc(Cl)c2)C1. The molecule has 0 aliphatic carbocycles. The van der Waals surface area contributed by atoms with Crippen LogP contribution < -0.4 is 5.32 Å². The van der Waals surface area contributed by atoms with Crippen LogP contribution in [0.2, 0.25) is 5.02 Å². The second-order valence-corrected chi connectivity index (χ2v) is 6.20. The van der Waals surface area contributed by atoms with Crippen LogP contribution in [0.1, 0.15) is 24.4 Å². The van der Waals surface area contributed by atoms with E-state index >= 15 is 0 Å². The number of hydrogen-bond acceptors (Lipinski definition) is 3. The van der Waals surface area contributed by atoms with Crippen molar-refractivity contribution in [3.63, 3.8) is 0 Å². The molecule has 114 valence electrons. The van der Waals surface area contributed by atoms with Gasteiger partial charge >= 0.3 is 0 Å². The molecule has 4 nitrogen and oxygen atoms in total. The van der Waals surface area contributed by atoms with Gasteiger partial charge in [-0.1, -0.05) is 23.7 Å². The van der Waals surface area contributed by atoms with Crippen molar-refractivity contribution in [2.75, 3.05) is 32.8 Å². The van der Waals surface area contributed by atoms with Gasteiger partial charge in [-0.05, 0) is 30.5 Å². The van der Waals surface area contributed by atoms with E-state index in [1.54, 1.807) is 0 Å². The van der Waals surface area contributed by atoms with Gasteiger partial charge in [-0.2, -0.15) is 0 Å². The number of hydrogen-bond donors (Lipinski definition) is 1. The minimum Gasteiger partial charge on any atom is -0.381 e. The van der Waals surface area contributed by atoms with Gasteiger partial charge in [0.1, 0.15) is 0 Å². The zero-order valence-corrected chi connectivity index (χ0v) is 12.8. The Kier molecular flexibility index (Phi) is 4.78. The van der Waals surface area contributed by atoms with Crippen molar-refractivity contribution in [1.82, 2.24) is 10.2 Å². The van der Waals surface area contributed by atoms with E-state index in [1.165, 1.54) is 0 Å². The van der Waals surface area contributed by atoms with Gasteiger partial charge in [-0.25, -0.2) is 0 Å². The largest absolute Gasteiger partial charge is 0.381 e. The van der Waals surface area contributed by atoms with Crippen LogP contribution in [0.5, 0.6) is 0 Å². The van der Waals surface area contributed by atoms with Crippen molar-refractivity contribution in [3.8, 4) is 0 Å². The van der Waals surface area contributed by atoms with E-state index in [2.05, 4.69) is 11.4 Å². The number of amides is 1. The summed E-state index contributed by atoms with van der Waals surface area (Å²) in [6.45, 7) is 3.65. The van der Waals surface area contributed by atoms with Gasteiger partial charge in [0.25, 0.3) is 0 Å². The molecule has 0 unspecified atom stereocenters. The fourth-order valence-electron chi connectivity index (χ4n) is 3.09. The summed E-state index contributed by atoms with van der Waals surface area (Å²) in [6.07, 6.45) is 1.94. The summed E-state index contributed by atoms with van der Waals surface area (Å²) < 4.78 is 5.44. The highest BCUT2D eigenvalue weighted by Gasteiger charge is 2.30. The maximum atomic E-state index is 12.6. The second-order valence-electron chi connectivity index (χ2n) is 5.76. The Bertz CT molecular complexity index is 503. The molecule has 0 spiro atoms. The first kappa shape index (κ1) is 14.8. The van der Waals surface area contributed by atoms with Crippen LogP contribution in [0, 0.1) is 5.92 Å². The topological polar surface area (TPSA) is 41.6 Å². The highest BCUT2D eigenvalue weighted by Crippen LogP contribution is 2.23. The first-order chi connectivity index (χ1) is 10.2. The van der Waals surface area contributed by atoms with E-state index in [9.17, 15) is 4.79 Å². The quantitative estimate of drug-likeness (QED) is 0.911. The smallest absolute Gasteiger partial charge is 0.228 e. The summed E-state index contributed by atoms with van der Waals surface area (Å²) in [5, 5.41) is 4.20. The molecule has 1 aromatic rings. The van der Waals surface area contributed by atoms with E-state index in [4.69, 9.17) is 16.3 Å². The van der Waals surface area contributed by atoms with Crippen molar-refractivity contribution in [3.05, 3.63) is 34.9 Å². The lowest BCUT2D eigenvalue weighted by Crippen LogP contribution is -2.51. The highest BCUT2D eigenvalue weighted by molar-refractivity contribution is 6.30. The maximum Gasteiger partial charge on any atom is 0.228 e. The lowest BCUT2D eigenvalue weighted by Gasteiger charge is -2.36. The second kappa shape index (κ2) is 6.77. The Balaban J connectivity index is 1.66. The Labute approximate surface area is 130 Å². The number of nitrogens with zero attached hydrogens (tertiary/aromatic N) is 1. The molecule has 2 aliphatic heterocycles. The third-order valence-electron chi connectivity index (χ3n) is 4.25. The van der Waals surface area contributed by atoms with Gasteiger partial charge in [-0.3, -0.25) is 4.79 Å². The van der Waals surface area contributed by atoms with E-state index < -0.39 is 0 Å². The molecule has 3 rings (SSSR count). The van der Waals surface area contributed by atoms with Gasteiger partial charge in [0.2, 0.25) is 5.91 Å². The molecule has 2 fully saturated rings. The van der Waals surface area contributed by atoms with Crippen molar-refractivity contribution >= 4 is 17.5 Å². The fourth-order valence-corrected chi connectivity index (χ4v) is 3.29. The minimum atomic E-state index is 0.0388. The number of carbonyl (C=O) groups excluding carboxylic acids is 1. The van der Waals surface area contributed by atoms with E-state index in [-0.39, 0.29) is 17.9 Å². The van der Waals surface area contributed by atoms with Crippen LogP contribution in [0.15, 0.2) is 24.3 Å². The number of benzene rings is 1. The molecule has 21 heavy (non-hydrogen) atoms. The summed E-state index contributed by atoms with van der Waals surface area (Å²) >= 11 is 6.06. The minimum absolute atomic E-state index is 0.0388. The van der Waals surface area contributed by atoms with Crippen LogP contribution in [-0.2, 0) is 9.53 Å². The first-order valence-corrected chi connectivity index (χ1v) is 7.97. The number of rotatable bonds is 2. The zero-order valence-electron chi connectivity index (χ0n) is 12.1. The number of ether oxygens (including phenoxy) is 1. The van der Waals surface area contributed by atoms with Gasteiger partial charge in [0, 0.05) is 37.3 Å². The molecular formula is C16H21ClN2O2. The lowest BCUT2D eigenvalue weighted by atomic mass is 9.98. The molecule has 0 bridgehead atoms. The lowest BCUT2D eigenvalue weighted by molar-refractivity contribution is -0.141. The van der Waals surface area contributed by atoms with Crippen molar-refractivity contribution in [1.29, 1.82) is 0 Å². The molecule has 0 saturated carbocycles. The molecule has 2 heterocycles. The normalized spacial score (nSPS) is 26.6. The number of carbonyl (C=O) groups is 1. The monoisotopic (exact) mass is 308 g/mol. The molecule has 0 radical (unpaired) electrons. The van der Waals surface area contributed by atoms with E-state index in [0.717, 1.165) is 43.1 Å². The number of nitrogens with one attached hydrogen (secondary N) is 1. The van der Waals surface area contributed by atoms with Crippen LogP contribution in [0.4, 0.5) is 0 Å². The molecule has 2 saturated heterocycles. The van der Waals surface area contributed by atoms with Crippen molar-refractivity contribution in [2.24, 2.45) is 5.92 Å². The predicted molar refractivity (Wildman–Crippen MR) is 82.3 cm³/mol. The van der Waals surface area contributed by atoms with E-state index in [1.807, 2.05) is 23.1 Å². The van der Waals surface area contributed by atoms with Gasteiger partial charge < -0.3 is 15.0 Å². The summed E-state index contributed by atoms with van der Waals surface area (Å²) in [5.74, 6) is 0.278. The van der Waals surface area contributed by atoms with Gasteiger partial charge in [-0.15, -0.1) is 0 Å². The average molecular weight is 309 g/mol. The molecule has 2 atom stereocenters. The Morgan fingerprint density at radius 1 is 1.43 bits per heavy atom. The molecule has 1 N–H and O–H groups in total. The third kappa shape index (κ3) is 3.57. The molecular weight excluding hydrogens is 288 g/mol. The zero-order chi connectivity index (χ0) is 14.7. The Hall–Kier alpha value is -1.10. The maximum absolute atomic E-state index is 12.6. The number of piperazine rings is 1. The Morgan fingerprint density at radius 3 is 3.10 bits per heavy atom. The van der Waals surface area contributed by atoms with Gasteiger partial charge in [0.05, 0.1) is 12.5 Å². The first-order valence-electron chi connectivity index (χ1n) is 7.59. The van der Waals surface area contributed by atoms with E-state index in [0.29, 0.717) is 13.2 Å². The van der Waals surface area contributed by atoms with Crippen LogP contribution >= 0.6 is 11.6 Å². The summed E-state index contributed by atoms with van der Waals surface area (Å²) in [5.41, 5.74) is 1.14. The van der Waals surface area contributed by atoms with Crippen molar-refractivity contribution < 1.29 is 9.53 Å². The van der Waals surface area contributed by atoms with Crippen molar-refractivity contribution in [2.45, 2.75) is 18.9 Å². The summed E-state index contributed by atoms with van der Waals surface area (Å²) in [6, 6.07) is 8.01. The van der Waals surface area contributed by atoms with Gasteiger partial charge in [0.15, 0.2) is 0 Å². The van der Waals surface area contributed by atoms with Crippen LogP contribution in [-0.4, -0.2) is 43.7 Å². The molecule has 1 amide bonds. The average Bonchev–Trinajstić information content (AvgIpc) is 2.55. The predicted octanol–water partition coefficient (Wildman–Crippen LogP) is 2.24. The molecule has 2 aliphatic rings. The number of halogens is 1. The highest BCUT2D eigenvalue weighted by atomic mass is 35.5. The summed E-state index contributed by atoms with van der Waals surface area (Å²) in [7, 11) is 0. The summed E-state index contributed by atoms with van der Waals surface area (Å²) in [4.78, 5) is 14.6. The third-order valence-corrected chi connectivity index (χ3v) is 4.48. The standard InChI is InChI=1S/C16H21ClN2O2/c17-14-5-1-3-12(9-14)15-10-19(7-6-18-15)16(20)13-4-2-8-21-11-13/h1,3,5,9,13,15,18H,2,4,6-8,10-11H2/t13-,15+/m1/s1. The van der Waals surface area contributed by atoms with Crippen LogP contribution in [0.3, 0.4) is 0 Å². The molecule has 0 aromatic heterocycles. The Morgan fingerprint density at radius 2 is 2.33 bits per heavy atom. The fraction of sp³-hybridized carbons (Fsp3) is 0.562. The molecule has 5 heteroatoms. The van der Waals surface area contributed by atoms with Crippen LogP contribution in [0.25, 0.3) is 0 Å².